The normalized spacial score (nSPS) is 23.1. The molecular weight excluding hydrogens is 192 g/mol. The third kappa shape index (κ3) is 4.18. The Morgan fingerprint density at radius 2 is 2.33 bits per heavy atom. The molecule has 1 N–H and O–H groups in total. The summed E-state index contributed by atoms with van der Waals surface area (Å²) in [6, 6.07) is -0.141. The van der Waals surface area contributed by atoms with Crippen LogP contribution in [-0.4, -0.2) is 49.7 Å². The van der Waals surface area contributed by atoms with Crippen molar-refractivity contribution in [3.05, 3.63) is 0 Å². The van der Waals surface area contributed by atoms with Crippen LogP contribution in [0.2, 0.25) is 0 Å². The summed E-state index contributed by atoms with van der Waals surface area (Å²) >= 11 is 0. The molecule has 1 fully saturated rings. The van der Waals surface area contributed by atoms with E-state index in [1.807, 2.05) is 13.8 Å². The monoisotopic (exact) mass is 214 g/mol. The Morgan fingerprint density at radius 1 is 1.60 bits per heavy atom. The van der Waals surface area contributed by atoms with Gasteiger partial charge in [0.05, 0.1) is 6.61 Å². The zero-order valence-corrected chi connectivity index (χ0v) is 9.95. The van der Waals surface area contributed by atoms with Crippen molar-refractivity contribution in [2.24, 2.45) is 5.92 Å². The van der Waals surface area contributed by atoms with Crippen molar-refractivity contribution < 1.29 is 9.53 Å². The van der Waals surface area contributed by atoms with Crippen LogP contribution in [0, 0.1) is 5.92 Å². The minimum absolute atomic E-state index is 0.109. The highest BCUT2D eigenvalue weighted by Gasteiger charge is 2.25. The van der Waals surface area contributed by atoms with Gasteiger partial charge in [0, 0.05) is 19.6 Å². The fourth-order valence-corrected chi connectivity index (χ4v) is 1.61. The van der Waals surface area contributed by atoms with E-state index in [0.29, 0.717) is 12.5 Å². The Morgan fingerprint density at radius 3 is 2.93 bits per heavy atom. The molecule has 0 bridgehead atoms. The SMILES string of the molecule is CCN1CCNC(C(=O)OCC(C)C)C1. The number of carbonyl (C=O) groups is 1. The molecule has 4 heteroatoms. The summed E-state index contributed by atoms with van der Waals surface area (Å²) in [5.74, 6) is 0.293. The highest BCUT2D eigenvalue weighted by molar-refractivity contribution is 5.76. The minimum Gasteiger partial charge on any atom is -0.464 e. The summed E-state index contributed by atoms with van der Waals surface area (Å²) < 4.78 is 5.21. The van der Waals surface area contributed by atoms with E-state index in [0.717, 1.165) is 26.2 Å². The molecule has 1 aliphatic heterocycles. The lowest BCUT2D eigenvalue weighted by Gasteiger charge is -2.31. The van der Waals surface area contributed by atoms with Gasteiger partial charge in [0.1, 0.15) is 6.04 Å². The topological polar surface area (TPSA) is 41.6 Å². The van der Waals surface area contributed by atoms with Gasteiger partial charge < -0.3 is 15.0 Å². The summed E-state index contributed by atoms with van der Waals surface area (Å²) in [6.45, 7) is 10.4. The standard InChI is InChI=1S/C11H22N2O2/c1-4-13-6-5-12-10(7-13)11(14)15-8-9(2)3/h9-10,12H,4-8H2,1-3H3. The second-order valence-corrected chi connectivity index (χ2v) is 4.42. The van der Waals surface area contributed by atoms with Crippen molar-refractivity contribution in [3.8, 4) is 0 Å². The van der Waals surface area contributed by atoms with E-state index in [-0.39, 0.29) is 12.0 Å². The van der Waals surface area contributed by atoms with Gasteiger partial charge in [0.2, 0.25) is 0 Å². The minimum atomic E-state index is -0.141. The lowest BCUT2D eigenvalue weighted by Crippen LogP contribution is -2.54. The molecule has 1 atom stereocenters. The van der Waals surface area contributed by atoms with Crippen LogP contribution in [0.15, 0.2) is 0 Å². The van der Waals surface area contributed by atoms with E-state index in [1.165, 1.54) is 0 Å². The summed E-state index contributed by atoms with van der Waals surface area (Å²) in [4.78, 5) is 13.9. The molecule has 1 heterocycles. The van der Waals surface area contributed by atoms with E-state index in [4.69, 9.17) is 4.74 Å². The van der Waals surface area contributed by atoms with Crippen LogP contribution in [0.5, 0.6) is 0 Å². The fourth-order valence-electron chi connectivity index (χ4n) is 1.61. The Labute approximate surface area is 92.0 Å². The Hall–Kier alpha value is -0.610. The predicted molar refractivity (Wildman–Crippen MR) is 59.7 cm³/mol. The molecule has 15 heavy (non-hydrogen) atoms. The van der Waals surface area contributed by atoms with Gasteiger partial charge in [-0.2, -0.15) is 0 Å². The average Bonchev–Trinajstić information content (AvgIpc) is 2.26. The molecule has 0 aliphatic carbocycles. The van der Waals surface area contributed by atoms with Gasteiger partial charge in [-0.25, -0.2) is 0 Å². The van der Waals surface area contributed by atoms with Crippen LogP contribution < -0.4 is 5.32 Å². The highest BCUT2D eigenvalue weighted by atomic mass is 16.5. The third-order valence-electron chi connectivity index (χ3n) is 2.55. The number of piperazine rings is 1. The van der Waals surface area contributed by atoms with Crippen LogP contribution in [0.25, 0.3) is 0 Å². The number of hydrogen-bond donors (Lipinski definition) is 1. The largest absolute Gasteiger partial charge is 0.464 e. The number of carbonyl (C=O) groups excluding carboxylic acids is 1. The van der Waals surface area contributed by atoms with Crippen LogP contribution >= 0.6 is 0 Å². The van der Waals surface area contributed by atoms with Crippen molar-refractivity contribution in [2.75, 3.05) is 32.8 Å². The lowest BCUT2D eigenvalue weighted by atomic mass is 10.2. The van der Waals surface area contributed by atoms with E-state index in [2.05, 4.69) is 17.1 Å². The quantitative estimate of drug-likeness (QED) is 0.691. The van der Waals surface area contributed by atoms with Crippen LogP contribution in [0.3, 0.4) is 0 Å². The smallest absolute Gasteiger partial charge is 0.324 e. The fraction of sp³-hybridized carbons (Fsp3) is 0.909. The molecule has 1 rings (SSSR count). The van der Waals surface area contributed by atoms with E-state index in [1.54, 1.807) is 0 Å². The second-order valence-electron chi connectivity index (χ2n) is 4.42. The number of nitrogens with zero attached hydrogens (tertiary/aromatic N) is 1. The van der Waals surface area contributed by atoms with Crippen LogP contribution in [0.1, 0.15) is 20.8 Å². The van der Waals surface area contributed by atoms with Gasteiger partial charge in [-0.15, -0.1) is 0 Å². The molecule has 0 radical (unpaired) electrons. The second kappa shape index (κ2) is 6.08. The molecule has 0 saturated carbocycles. The van der Waals surface area contributed by atoms with Crippen molar-refractivity contribution in [1.82, 2.24) is 10.2 Å². The first kappa shape index (κ1) is 12.5. The zero-order valence-electron chi connectivity index (χ0n) is 9.95. The van der Waals surface area contributed by atoms with Gasteiger partial charge in [-0.1, -0.05) is 20.8 Å². The Kier molecular flexibility index (Phi) is 5.05. The molecule has 0 aromatic rings. The van der Waals surface area contributed by atoms with E-state index in [9.17, 15) is 4.79 Å². The molecule has 1 aliphatic rings. The van der Waals surface area contributed by atoms with Crippen LogP contribution in [0.4, 0.5) is 0 Å². The highest BCUT2D eigenvalue weighted by Crippen LogP contribution is 2.02. The van der Waals surface area contributed by atoms with Crippen molar-refractivity contribution >= 4 is 5.97 Å². The molecule has 0 aromatic heterocycles. The van der Waals surface area contributed by atoms with Gasteiger partial charge in [0.15, 0.2) is 0 Å². The van der Waals surface area contributed by atoms with Crippen molar-refractivity contribution in [1.29, 1.82) is 0 Å². The predicted octanol–water partition coefficient (Wildman–Crippen LogP) is 0.479. The van der Waals surface area contributed by atoms with E-state index >= 15 is 0 Å². The van der Waals surface area contributed by atoms with E-state index < -0.39 is 0 Å². The van der Waals surface area contributed by atoms with Gasteiger partial charge >= 0.3 is 5.97 Å². The van der Waals surface area contributed by atoms with Gasteiger partial charge in [-0.3, -0.25) is 4.79 Å². The number of esters is 1. The average molecular weight is 214 g/mol. The number of nitrogens with one attached hydrogen (secondary N) is 1. The van der Waals surface area contributed by atoms with Gasteiger partial charge in [-0.05, 0) is 12.5 Å². The molecule has 88 valence electrons. The number of hydrogen-bond acceptors (Lipinski definition) is 4. The van der Waals surface area contributed by atoms with Crippen LogP contribution in [-0.2, 0) is 9.53 Å². The zero-order chi connectivity index (χ0) is 11.3. The maximum absolute atomic E-state index is 11.7. The van der Waals surface area contributed by atoms with Crippen molar-refractivity contribution in [2.45, 2.75) is 26.8 Å². The molecule has 0 amide bonds. The maximum Gasteiger partial charge on any atom is 0.324 e. The third-order valence-corrected chi connectivity index (χ3v) is 2.55. The molecular formula is C11H22N2O2. The van der Waals surface area contributed by atoms with Crippen molar-refractivity contribution in [3.63, 3.8) is 0 Å². The molecule has 0 aromatic carbocycles. The number of rotatable bonds is 4. The first-order chi connectivity index (χ1) is 7.13. The summed E-state index contributed by atoms with van der Waals surface area (Å²) in [6.07, 6.45) is 0. The lowest BCUT2D eigenvalue weighted by molar-refractivity contribution is -0.148. The first-order valence-corrected chi connectivity index (χ1v) is 5.75. The maximum atomic E-state index is 11.7. The number of ether oxygens (including phenoxy) is 1. The molecule has 0 spiro atoms. The summed E-state index contributed by atoms with van der Waals surface area (Å²) in [5, 5.41) is 3.19. The summed E-state index contributed by atoms with van der Waals surface area (Å²) in [7, 11) is 0. The summed E-state index contributed by atoms with van der Waals surface area (Å²) in [5.41, 5.74) is 0. The molecule has 4 nitrogen and oxygen atoms in total. The number of likely N-dealkylation sites (N-methyl/N-ethyl adjacent to an activating group) is 1. The Balaban J connectivity index is 2.32. The Bertz CT molecular complexity index is 207. The molecule has 1 saturated heterocycles. The first-order valence-electron chi connectivity index (χ1n) is 5.75. The molecule has 1 unspecified atom stereocenters. The van der Waals surface area contributed by atoms with Gasteiger partial charge in [0.25, 0.3) is 0 Å².